The van der Waals surface area contributed by atoms with Crippen molar-refractivity contribution >= 4 is 0 Å². The van der Waals surface area contributed by atoms with E-state index in [1.807, 2.05) is 0 Å². The van der Waals surface area contributed by atoms with E-state index in [1.54, 1.807) is 0 Å². The van der Waals surface area contributed by atoms with Gasteiger partial charge >= 0.3 is 0 Å². The van der Waals surface area contributed by atoms with Gasteiger partial charge < -0.3 is 15.0 Å². The Labute approximate surface area is 101 Å². The second kappa shape index (κ2) is 8.04. The standard InChI is InChI=1S/C13H28N2O/c1-4-6-7-8-15(3)9-12-10-16-11-13(12)14-5-2/h12-14H,4-11H2,1-3H3. The zero-order chi connectivity index (χ0) is 11.8. The van der Waals surface area contributed by atoms with Crippen LogP contribution in [0, 0.1) is 5.92 Å². The highest BCUT2D eigenvalue weighted by Gasteiger charge is 2.27. The minimum absolute atomic E-state index is 0.568. The molecule has 0 saturated carbocycles. The average molecular weight is 228 g/mol. The molecule has 0 radical (unpaired) electrons. The lowest BCUT2D eigenvalue weighted by atomic mass is 10.0. The van der Waals surface area contributed by atoms with Crippen LogP contribution >= 0.6 is 0 Å². The van der Waals surface area contributed by atoms with Gasteiger partial charge in [0.2, 0.25) is 0 Å². The molecule has 1 saturated heterocycles. The minimum atomic E-state index is 0.568. The van der Waals surface area contributed by atoms with Gasteiger partial charge in [0.25, 0.3) is 0 Å². The number of rotatable bonds is 8. The fraction of sp³-hybridized carbons (Fsp3) is 1.00. The summed E-state index contributed by atoms with van der Waals surface area (Å²) >= 11 is 0. The zero-order valence-electron chi connectivity index (χ0n) is 11.2. The predicted octanol–water partition coefficient (Wildman–Crippen LogP) is 1.73. The van der Waals surface area contributed by atoms with E-state index in [-0.39, 0.29) is 0 Å². The van der Waals surface area contributed by atoms with Gasteiger partial charge in [-0.15, -0.1) is 0 Å². The normalized spacial score (nSPS) is 25.5. The Kier molecular flexibility index (Phi) is 7.01. The quantitative estimate of drug-likeness (QED) is 0.640. The molecule has 1 heterocycles. The van der Waals surface area contributed by atoms with Gasteiger partial charge in [-0.1, -0.05) is 26.7 Å². The van der Waals surface area contributed by atoms with Crippen LogP contribution in [-0.2, 0) is 4.74 Å². The maximum absolute atomic E-state index is 5.56. The molecule has 1 rings (SSSR count). The molecular weight excluding hydrogens is 200 g/mol. The molecule has 1 fully saturated rings. The molecule has 96 valence electrons. The maximum Gasteiger partial charge on any atom is 0.0623 e. The smallest absolute Gasteiger partial charge is 0.0623 e. The van der Waals surface area contributed by atoms with Gasteiger partial charge in [-0.25, -0.2) is 0 Å². The van der Waals surface area contributed by atoms with Crippen LogP contribution in [0.5, 0.6) is 0 Å². The molecule has 0 bridgehead atoms. The topological polar surface area (TPSA) is 24.5 Å². The van der Waals surface area contributed by atoms with Crippen molar-refractivity contribution in [3.63, 3.8) is 0 Å². The lowest BCUT2D eigenvalue weighted by Crippen LogP contribution is -2.40. The molecule has 3 heteroatoms. The molecule has 0 amide bonds. The molecule has 1 aliphatic heterocycles. The average Bonchev–Trinajstić information content (AvgIpc) is 2.67. The number of hydrogen-bond acceptors (Lipinski definition) is 3. The summed E-state index contributed by atoms with van der Waals surface area (Å²) in [5, 5.41) is 3.52. The van der Waals surface area contributed by atoms with Gasteiger partial charge in [-0.05, 0) is 26.6 Å². The Hall–Kier alpha value is -0.120. The molecule has 3 nitrogen and oxygen atoms in total. The summed E-state index contributed by atoms with van der Waals surface area (Å²) in [6, 6.07) is 0.568. The van der Waals surface area contributed by atoms with E-state index in [2.05, 4.69) is 31.1 Å². The highest BCUT2D eigenvalue weighted by atomic mass is 16.5. The van der Waals surface area contributed by atoms with Crippen LogP contribution in [0.25, 0.3) is 0 Å². The largest absolute Gasteiger partial charge is 0.379 e. The molecule has 0 aromatic rings. The zero-order valence-corrected chi connectivity index (χ0v) is 11.2. The van der Waals surface area contributed by atoms with Crippen molar-refractivity contribution in [2.45, 2.75) is 39.2 Å². The lowest BCUT2D eigenvalue weighted by molar-refractivity contribution is 0.173. The minimum Gasteiger partial charge on any atom is -0.379 e. The molecule has 1 N–H and O–H groups in total. The Morgan fingerprint density at radius 2 is 2.06 bits per heavy atom. The Morgan fingerprint density at radius 3 is 2.75 bits per heavy atom. The van der Waals surface area contributed by atoms with Gasteiger partial charge in [0.05, 0.1) is 13.2 Å². The van der Waals surface area contributed by atoms with Crippen molar-refractivity contribution < 1.29 is 4.74 Å². The van der Waals surface area contributed by atoms with Gasteiger partial charge in [-0.3, -0.25) is 0 Å². The van der Waals surface area contributed by atoms with E-state index < -0.39 is 0 Å². The van der Waals surface area contributed by atoms with Crippen LogP contribution in [0.2, 0.25) is 0 Å². The number of nitrogens with one attached hydrogen (secondary N) is 1. The highest BCUT2D eigenvalue weighted by molar-refractivity contribution is 4.82. The van der Waals surface area contributed by atoms with Gasteiger partial charge in [-0.2, -0.15) is 0 Å². The molecule has 0 aliphatic carbocycles. The molecule has 1 aliphatic rings. The number of ether oxygens (including phenoxy) is 1. The van der Waals surface area contributed by atoms with Gasteiger partial charge in [0, 0.05) is 18.5 Å². The fourth-order valence-corrected chi connectivity index (χ4v) is 2.39. The third kappa shape index (κ3) is 4.81. The van der Waals surface area contributed by atoms with E-state index in [1.165, 1.54) is 32.4 Å². The summed E-state index contributed by atoms with van der Waals surface area (Å²) in [5.74, 6) is 0.673. The van der Waals surface area contributed by atoms with Gasteiger partial charge in [0.1, 0.15) is 0 Å². The van der Waals surface area contributed by atoms with Crippen LogP contribution in [-0.4, -0.2) is 50.8 Å². The summed E-state index contributed by atoms with van der Waals surface area (Å²) in [5.41, 5.74) is 0. The van der Waals surface area contributed by atoms with E-state index in [0.717, 1.165) is 19.8 Å². The van der Waals surface area contributed by atoms with Crippen LogP contribution in [0.3, 0.4) is 0 Å². The Bertz CT molecular complexity index is 175. The van der Waals surface area contributed by atoms with Crippen molar-refractivity contribution in [2.24, 2.45) is 5.92 Å². The monoisotopic (exact) mass is 228 g/mol. The number of unbranched alkanes of at least 4 members (excludes halogenated alkanes) is 2. The van der Waals surface area contributed by atoms with Crippen molar-refractivity contribution in [2.75, 3.05) is 39.9 Å². The van der Waals surface area contributed by atoms with E-state index >= 15 is 0 Å². The van der Waals surface area contributed by atoms with Crippen LogP contribution in [0.4, 0.5) is 0 Å². The summed E-state index contributed by atoms with van der Waals surface area (Å²) in [7, 11) is 2.23. The second-order valence-electron chi connectivity index (χ2n) is 4.93. The van der Waals surface area contributed by atoms with Crippen LogP contribution in [0.15, 0.2) is 0 Å². The van der Waals surface area contributed by atoms with Crippen molar-refractivity contribution in [3.8, 4) is 0 Å². The van der Waals surface area contributed by atoms with Crippen molar-refractivity contribution in [1.82, 2.24) is 10.2 Å². The van der Waals surface area contributed by atoms with Crippen molar-refractivity contribution in [3.05, 3.63) is 0 Å². The Morgan fingerprint density at radius 1 is 1.25 bits per heavy atom. The fourth-order valence-electron chi connectivity index (χ4n) is 2.39. The predicted molar refractivity (Wildman–Crippen MR) is 68.8 cm³/mol. The summed E-state index contributed by atoms with van der Waals surface area (Å²) in [6.45, 7) is 9.68. The number of likely N-dealkylation sites (N-methyl/N-ethyl adjacent to an activating group) is 1. The van der Waals surface area contributed by atoms with E-state index in [0.29, 0.717) is 12.0 Å². The third-order valence-electron chi connectivity index (χ3n) is 3.35. The van der Waals surface area contributed by atoms with E-state index in [4.69, 9.17) is 4.74 Å². The van der Waals surface area contributed by atoms with Crippen molar-refractivity contribution in [1.29, 1.82) is 0 Å². The summed E-state index contributed by atoms with van der Waals surface area (Å²) < 4.78 is 5.56. The SMILES string of the molecule is CCCCCN(C)CC1COCC1NCC. The molecule has 0 aromatic carbocycles. The Balaban J connectivity index is 2.18. The molecular formula is C13H28N2O. The molecule has 2 atom stereocenters. The molecule has 0 aromatic heterocycles. The first kappa shape index (κ1) is 13.9. The summed E-state index contributed by atoms with van der Waals surface area (Å²) in [6.07, 6.45) is 3.98. The number of hydrogen-bond donors (Lipinski definition) is 1. The first-order valence-corrected chi connectivity index (χ1v) is 6.77. The maximum atomic E-state index is 5.56. The molecule has 0 spiro atoms. The summed E-state index contributed by atoms with van der Waals surface area (Å²) in [4.78, 5) is 2.46. The first-order valence-electron chi connectivity index (χ1n) is 6.77. The van der Waals surface area contributed by atoms with E-state index in [9.17, 15) is 0 Å². The lowest BCUT2D eigenvalue weighted by Gasteiger charge is -2.24. The van der Waals surface area contributed by atoms with Crippen LogP contribution in [0.1, 0.15) is 33.1 Å². The first-order chi connectivity index (χ1) is 7.77. The van der Waals surface area contributed by atoms with Gasteiger partial charge in [0.15, 0.2) is 0 Å². The van der Waals surface area contributed by atoms with Crippen LogP contribution < -0.4 is 5.32 Å². The second-order valence-corrected chi connectivity index (χ2v) is 4.93. The highest BCUT2D eigenvalue weighted by Crippen LogP contribution is 2.15. The number of nitrogens with zero attached hydrogens (tertiary/aromatic N) is 1. The molecule has 16 heavy (non-hydrogen) atoms. The third-order valence-corrected chi connectivity index (χ3v) is 3.35. The molecule has 2 unspecified atom stereocenters.